The number of rotatable bonds is 7. The second-order valence-electron chi connectivity index (χ2n) is 7.15. The lowest BCUT2D eigenvalue weighted by Gasteiger charge is -2.36. The van der Waals surface area contributed by atoms with Crippen molar-refractivity contribution in [3.05, 3.63) is 66.0 Å². The Hall–Kier alpha value is -2.66. The summed E-state index contributed by atoms with van der Waals surface area (Å²) in [6.45, 7) is 5.58. The fraction of sp³-hybridized carbons (Fsp3) is 0.391. The number of pyridine rings is 1. The van der Waals surface area contributed by atoms with Crippen LogP contribution in [0.25, 0.3) is 6.08 Å². The third kappa shape index (κ3) is 5.67. The van der Waals surface area contributed by atoms with E-state index in [1.54, 1.807) is 6.08 Å². The van der Waals surface area contributed by atoms with Crippen molar-refractivity contribution in [3.63, 3.8) is 0 Å². The van der Waals surface area contributed by atoms with Crippen molar-refractivity contribution < 1.29 is 9.53 Å². The van der Waals surface area contributed by atoms with Gasteiger partial charge in [-0.25, -0.2) is 0 Å². The molecule has 28 heavy (non-hydrogen) atoms. The van der Waals surface area contributed by atoms with Crippen LogP contribution >= 0.6 is 0 Å². The second kappa shape index (κ2) is 10.0. The van der Waals surface area contributed by atoms with E-state index in [2.05, 4.69) is 22.0 Å². The molecule has 0 atom stereocenters. The maximum absolute atomic E-state index is 12.6. The van der Waals surface area contributed by atoms with Crippen LogP contribution in [0.3, 0.4) is 0 Å². The topological polar surface area (TPSA) is 45.7 Å². The van der Waals surface area contributed by atoms with Crippen LogP contribution in [0.5, 0.6) is 5.75 Å². The van der Waals surface area contributed by atoms with Crippen molar-refractivity contribution in [2.45, 2.75) is 32.4 Å². The molecule has 5 heteroatoms. The van der Waals surface area contributed by atoms with E-state index in [1.807, 2.05) is 61.6 Å². The van der Waals surface area contributed by atoms with Gasteiger partial charge >= 0.3 is 0 Å². The third-order valence-electron chi connectivity index (χ3n) is 5.22. The Morgan fingerprint density at radius 3 is 2.50 bits per heavy atom. The lowest BCUT2D eigenvalue weighted by Crippen LogP contribution is -2.44. The summed E-state index contributed by atoms with van der Waals surface area (Å²) in [7, 11) is 1.91. The molecule has 148 valence electrons. The van der Waals surface area contributed by atoms with Gasteiger partial charge < -0.3 is 9.64 Å². The van der Waals surface area contributed by atoms with Crippen LogP contribution in [-0.4, -0.2) is 53.5 Å². The molecule has 0 radical (unpaired) electrons. The van der Waals surface area contributed by atoms with Gasteiger partial charge in [0.15, 0.2) is 0 Å². The van der Waals surface area contributed by atoms with Crippen LogP contribution in [0.2, 0.25) is 0 Å². The predicted octanol–water partition coefficient (Wildman–Crippen LogP) is 3.62. The summed E-state index contributed by atoms with van der Waals surface area (Å²) < 4.78 is 5.44. The van der Waals surface area contributed by atoms with E-state index in [9.17, 15) is 4.79 Å². The highest BCUT2D eigenvalue weighted by Gasteiger charge is 2.24. The molecule has 0 unspecified atom stereocenters. The van der Waals surface area contributed by atoms with E-state index >= 15 is 0 Å². The van der Waals surface area contributed by atoms with Crippen LogP contribution in [0.4, 0.5) is 0 Å². The van der Waals surface area contributed by atoms with E-state index < -0.39 is 0 Å². The molecule has 5 nitrogen and oxygen atoms in total. The number of aromatic nitrogens is 1. The smallest absolute Gasteiger partial charge is 0.246 e. The van der Waals surface area contributed by atoms with Crippen LogP contribution < -0.4 is 4.74 Å². The monoisotopic (exact) mass is 379 g/mol. The van der Waals surface area contributed by atoms with Crippen molar-refractivity contribution >= 4 is 12.0 Å². The summed E-state index contributed by atoms with van der Waals surface area (Å²) in [6.07, 6.45) is 9.22. The van der Waals surface area contributed by atoms with Gasteiger partial charge in [0.25, 0.3) is 0 Å². The number of likely N-dealkylation sites (tertiary alicyclic amines) is 1. The van der Waals surface area contributed by atoms with E-state index in [0.29, 0.717) is 12.6 Å². The number of ether oxygens (including phenoxy) is 1. The van der Waals surface area contributed by atoms with Crippen LogP contribution in [0, 0.1) is 0 Å². The van der Waals surface area contributed by atoms with Gasteiger partial charge in [-0.2, -0.15) is 0 Å². The normalized spacial score (nSPS) is 15.6. The summed E-state index contributed by atoms with van der Waals surface area (Å²) in [6, 6.07) is 12.2. The average molecular weight is 380 g/mol. The van der Waals surface area contributed by atoms with Crippen molar-refractivity contribution in [2.24, 2.45) is 0 Å². The van der Waals surface area contributed by atoms with Gasteiger partial charge in [-0.15, -0.1) is 0 Å². The molecule has 3 rings (SSSR count). The van der Waals surface area contributed by atoms with Crippen molar-refractivity contribution in [3.8, 4) is 5.75 Å². The number of amides is 1. The first-order valence-corrected chi connectivity index (χ1v) is 9.94. The quantitative estimate of drug-likeness (QED) is 0.690. The summed E-state index contributed by atoms with van der Waals surface area (Å²) in [5.41, 5.74) is 2.29. The number of carbonyl (C=O) groups excluding carboxylic acids is 1. The van der Waals surface area contributed by atoms with Crippen LogP contribution in [0.1, 0.15) is 30.9 Å². The zero-order chi connectivity index (χ0) is 19.8. The van der Waals surface area contributed by atoms with Crippen molar-refractivity contribution in [1.82, 2.24) is 14.8 Å². The maximum atomic E-state index is 12.6. The number of likely N-dealkylation sites (N-methyl/N-ethyl adjacent to an activating group) is 1. The maximum Gasteiger partial charge on any atom is 0.246 e. The second-order valence-corrected chi connectivity index (χ2v) is 7.15. The molecule has 1 aliphatic heterocycles. The summed E-state index contributed by atoms with van der Waals surface area (Å²) in [4.78, 5) is 20.9. The third-order valence-corrected chi connectivity index (χ3v) is 5.22. The molecule has 0 N–H and O–H groups in total. The molecule has 0 bridgehead atoms. The van der Waals surface area contributed by atoms with E-state index in [0.717, 1.165) is 43.8 Å². The van der Waals surface area contributed by atoms with Gasteiger partial charge in [0, 0.05) is 51.2 Å². The first-order valence-electron chi connectivity index (χ1n) is 9.94. The molecule has 2 aromatic rings. The highest BCUT2D eigenvalue weighted by Crippen LogP contribution is 2.18. The standard InChI is InChI=1S/C23H29N3O2/c1-3-28-22-7-4-19(5-8-22)6-9-23(27)25(2)21-12-16-26(17-13-21)18-20-10-14-24-15-11-20/h4-11,14-15,21H,3,12-13,16-18H2,1-2H3/b9-6+. The first-order chi connectivity index (χ1) is 13.7. The van der Waals surface area contributed by atoms with E-state index in [-0.39, 0.29) is 5.91 Å². The molecule has 0 saturated carbocycles. The Balaban J connectivity index is 1.47. The highest BCUT2D eigenvalue weighted by molar-refractivity contribution is 5.91. The SMILES string of the molecule is CCOc1ccc(/C=C/C(=O)N(C)C2CCN(Cc3ccncc3)CC2)cc1. The molecular formula is C23H29N3O2. The summed E-state index contributed by atoms with van der Waals surface area (Å²) in [5.74, 6) is 0.906. The van der Waals surface area contributed by atoms with E-state index in [4.69, 9.17) is 4.74 Å². The van der Waals surface area contributed by atoms with Gasteiger partial charge in [-0.3, -0.25) is 14.7 Å². The van der Waals surface area contributed by atoms with Gasteiger partial charge in [0.05, 0.1) is 6.61 Å². The molecule has 1 fully saturated rings. The minimum Gasteiger partial charge on any atom is -0.494 e. The van der Waals surface area contributed by atoms with Gasteiger partial charge in [0.1, 0.15) is 5.75 Å². The molecule has 1 saturated heterocycles. The Morgan fingerprint density at radius 1 is 1.18 bits per heavy atom. The largest absolute Gasteiger partial charge is 0.494 e. The summed E-state index contributed by atoms with van der Waals surface area (Å²) >= 11 is 0. The Bertz CT molecular complexity index is 766. The number of benzene rings is 1. The minimum absolute atomic E-state index is 0.0569. The minimum atomic E-state index is 0.0569. The number of piperidine rings is 1. The van der Waals surface area contributed by atoms with Crippen molar-refractivity contribution in [2.75, 3.05) is 26.7 Å². The molecule has 1 aromatic carbocycles. The molecule has 2 heterocycles. The van der Waals surface area contributed by atoms with Crippen LogP contribution in [0.15, 0.2) is 54.9 Å². The fourth-order valence-corrected chi connectivity index (χ4v) is 3.52. The average Bonchev–Trinajstić information content (AvgIpc) is 2.74. The zero-order valence-corrected chi connectivity index (χ0v) is 16.8. The number of hydrogen-bond donors (Lipinski definition) is 0. The van der Waals surface area contributed by atoms with Gasteiger partial charge in [-0.1, -0.05) is 12.1 Å². The Morgan fingerprint density at radius 2 is 1.86 bits per heavy atom. The lowest BCUT2D eigenvalue weighted by molar-refractivity contribution is -0.127. The number of carbonyl (C=O) groups is 1. The fourth-order valence-electron chi connectivity index (χ4n) is 3.52. The molecular weight excluding hydrogens is 350 g/mol. The van der Waals surface area contributed by atoms with Crippen molar-refractivity contribution in [1.29, 1.82) is 0 Å². The van der Waals surface area contributed by atoms with E-state index in [1.165, 1.54) is 5.56 Å². The van der Waals surface area contributed by atoms with Gasteiger partial charge in [-0.05, 0) is 61.2 Å². The summed E-state index contributed by atoms with van der Waals surface area (Å²) in [5, 5.41) is 0. The molecule has 1 amide bonds. The molecule has 0 spiro atoms. The predicted molar refractivity (Wildman–Crippen MR) is 112 cm³/mol. The number of hydrogen-bond acceptors (Lipinski definition) is 4. The Labute approximate surface area is 167 Å². The zero-order valence-electron chi connectivity index (χ0n) is 16.8. The molecule has 1 aliphatic rings. The first kappa shape index (κ1) is 20.1. The van der Waals surface area contributed by atoms with Gasteiger partial charge in [0.2, 0.25) is 5.91 Å². The lowest BCUT2D eigenvalue weighted by atomic mass is 10.0. The highest BCUT2D eigenvalue weighted by atomic mass is 16.5. The Kier molecular flexibility index (Phi) is 7.20. The number of nitrogens with zero attached hydrogens (tertiary/aromatic N) is 3. The molecule has 0 aliphatic carbocycles. The van der Waals surface area contributed by atoms with Crippen LogP contribution in [-0.2, 0) is 11.3 Å². The molecule has 1 aromatic heterocycles.